The van der Waals surface area contributed by atoms with E-state index < -0.39 is 0 Å². The number of nitrogens with one attached hydrogen (secondary N) is 1. The Labute approximate surface area is 115 Å². The second-order valence-electron chi connectivity index (χ2n) is 4.42. The summed E-state index contributed by atoms with van der Waals surface area (Å²) in [6.45, 7) is 1.50. The van der Waals surface area contributed by atoms with E-state index in [1.807, 2.05) is 0 Å². The van der Waals surface area contributed by atoms with Gasteiger partial charge in [-0.05, 0) is 53.4 Å². The second kappa shape index (κ2) is 6.20. The number of hydrogen-bond donors (Lipinski definition) is 2. The minimum atomic E-state index is -0.0753. The zero-order chi connectivity index (χ0) is 13.0. The summed E-state index contributed by atoms with van der Waals surface area (Å²) >= 11 is 3.31. The molecular formula is C13H17BrN2O2. The molecule has 1 fully saturated rings. The first-order valence-corrected chi connectivity index (χ1v) is 6.91. The maximum atomic E-state index is 11.9. The Morgan fingerprint density at radius 1 is 1.56 bits per heavy atom. The van der Waals surface area contributed by atoms with Crippen LogP contribution in [-0.2, 0) is 4.74 Å². The van der Waals surface area contributed by atoms with E-state index in [1.165, 1.54) is 0 Å². The highest BCUT2D eigenvalue weighted by atomic mass is 79.9. The van der Waals surface area contributed by atoms with Gasteiger partial charge in [-0.2, -0.15) is 0 Å². The van der Waals surface area contributed by atoms with E-state index in [2.05, 4.69) is 21.2 Å². The van der Waals surface area contributed by atoms with Gasteiger partial charge in [0.05, 0.1) is 6.10 Å². The van der Waals surface area contributed by atoms with Crippen molar-refractivity contribution in [2.75, 3.05) is 18.9 Å². The smallest absolute Gasteiger partial charge is 0.251 e. The number of amides is 1. The topological polar surface area (TPSA) is 64.4 Å². The molecule has 3 N–H and O–H groups in total. The first-order chi connectivity index (χ1) is 8.66. The number of ether oxygens (including phenoxy) is 1. The maximum Gasteiger partial charge on any atom is 0.251 e. The molecule has 0 aliphatic carbocycles. The lowest BCUT2D eigenvalue weighted by atomic mass is 10.1. The molecule has 4 nitrogen and oxygen atoms in total. The van der Waals surface area contributed by atoms with E-state index in [0.29, 0.717) is 23.9 Å². The SMILES string of the molecule is Nc1ccc(C(=O)NCCC2CCCO2)cc1Br. The van der Waals surface area contributed by atoms with Gasteiger partial charge in [-0.25, -0.2) is 0 Å². The van der Waals surface area contributed by atoms with Gasteiger partial charge in [0.25, 0.3) is 5.91 Å². The molecular weight excluding hydrogens is 296 g/mol. The molecule has 18 heavy (non-hydrogen) atoms. The molecule has 1 aromatic rings. The summed E-state index contributed by atoms with van der Waals surface area (Å²) in [5, 5.41) is 2.89. The van der Waals surface area contributed by atoms with Crippen LogP contribution in [0.2, 0.25) is 0 Å². The highest BCUT2D eigenvalue weighted by Crippen LogP contribution is 2.20. The summed E-state index contributed by atoms with van der Waals surface area (Å²) in [5.74, 6) is -0.0753. The van der Waals surface area contributed by atoms with Crippen molar-refractivity contribution in [3.63, 3.8) is 0 Å². The van der Waals surface area contributed by atoms with Crippen molar-refractivity contribution in [1.82, 2.24) is 5.32 Å². The molecule has 1 aliphatic heterocycles. The fourth-order valence-electron chi connectivity index (χ4n) is 1.99. The number of rotatable bonds is 4. The fraction of sp³-hybridized carbons (Fsp3) is 0.462. The lowest BCUT2D eigenvalue weighted by molar-refractivity contribution is 0.0907. The van der Waals surface area contributed by atoms with Crippen LogP contribution in [0.1, 0.15) is 29.6 Å². The average molecular weight is 313 g/mol. The Hall–Kier alpha value is -1.07. The number of carbonyl (C=O) groups is 1. The van der Waals surface area contributed by atoms with Crippen LogP contribution in [0, 0.1) is 0 Å². The summed E-state index contributed by atoms with van der Waals surface area (Å²) in [6.07, 6.45) is 3.41. The predicted octanol–water partition coefficient (Wildman–Crippen LogP) is 2.33. The lowest BCUT2D eigenvalue weighted by Crippen LogP contribution is -2.27. The van der Waals surface area contributed by atoms with Crippen LogP contribution in [0.5, 0.6) is 0 Å². The Morgan fingerprint density at radius 3 is 3.06 bits per heavy atom. The van der Waals surface area contributed by atoms with Crippen LogP contribution in [0.4, 0.5) is 5.69 Å². The molecule has 0 radical (unpaired) electrons. The van der Waals surface area contributed by atoms with E-state index in [-0.39, 0.29) is 5.91 Å². The number of nitrogen functional groups attached to an aromatic ring is 1. The third-order valence-corrected chi connectivity index (χ3v) is 3.73. The Morgan fingerprint density at radius 2 is 2.39 bits per heavy atom. The number of hydrogen-bond acceptors (Lipinski definition) is 3. The van der Waals surface area contributed by atoms with Gasteiger partial charge in [0.2, 0.25) is 0 Å². The van der Waals surface area contributed by atoms with Gasteiger partial charge >= 0.3 is 0 Å². The van der Waals surface area contributed by atoms with E-state index in [9.17, 15) is 4.79 Å². The number of benzene rings is 1. The molecule has 0 spiro atoms. The van der Waals surface area contributed by atoms with Crippen molar-refractivity contribution in [2.45, 2.75) is 25.4 Å². The molecule has 1 amide bonds. The van der Waals surface area contributed by atoms with Crippen molar-refractivity contribution in [1.29, 1.82) is 0 Å². The van der Waals surface area contributed by atoms with E-state index >= 15 is 0 Å². The van der Waals surface area contributed by atoms with Gasteiger partial charge in [0, 0.05) is 28.9 Å². The summed E-state index contributed by atoms with van der Waals surface area (Å²) in [6, 6.07) is 5.18. The van der Waals surface area contributed by atoms with Crippen LogP contribution in [0.3, 0.4) is 0 Å². The molecule has 98 valence electrons. The van der Waals surface area contributed by atoms with E-state index in [0.717, 1.165) is 30.3 Å². The van der Waals surface area contributed by atoms with Crippen molar-refractivity contribution in [2.24, 2.45) is 0 Å². The Kier molecular flexibility index (Phi) is 4.60. The highest BCUT2D eigenvalue weighted by Gasteiger charge is 2.15. The average Bonchev–Trinajstić information content (AvgIpc) is 2.85. The monoisotopic (exact) mass is 312 g/mol. The zero-order valence-electron chi connectivity index (χ0n) is 10.1. The molecule has 1 saturated heterocycles. The number of halogens is 1. The van der Waals surface area contributed by atoms with Gasteiger partial charge in [-0.15, -0.1) is 0 Å². The van der Waals surface area contributed by atoms with Crippen LogP contribution < -0.4 is 11.1 Å². The third-order valence-electron chi connectivity index (χ3n) is 3.04. The first-order valence-electron chi connectivity index (χ1n) is 6.11. The predicted molar refractivity (Wildman–Crippen MR) is 74.5 cm³/mol. The van der Waals surface area contributed by atoms with Crippen molar-refractivity contribution >= 4 is 27.5 Å². The largest absolute Gasteiger partial charge is 0.398 e. The molecule has 0 aromatic heterocycles. The van der Waals surface area contributed by atoms with Gasteiger partial charge in [-0.1, -0.05) is 0 Å². The summed E-state index contributed by atoms with van der Waals surface area (Å²) in [7, 11) is 0. The number of nitrogens with two attached hydrogens (primary N) is 1. The van der Waals surface area contributed by atoms with Gasteiger partial charge in [-0.3, -0.25) is 4.79 Å². The first kappa shape index (κ1) is 13.4. The third kappa shape index (κ3) is 3.46. The maximum absolute atomic E-state index is 11.9. The number of anilines is 1. The molecule has 5 heteroatoms. The summed E-state index contributed by atoms with van der Waals surface area (Å²) < 4.78 is 6.24. The molecule has 0 saturated carbocycles. The fourth-order valence-corrected chi connectivity index (χ4v) is 2.37. The van der Waals surface area contributed by atoms with Gasteiger partial charge in [0.15, 0.2) is 0 Å². The van der Waals surface area contributed by atoms with Crippen molar-refractivity contribution < 1.29 is 9.53 Å². The summed E-state index contributed by atoms with van der Waals surface area (Å²) in [4.78, 5) is 11.9. The van der Waals surface area contributed by atoms with Crippen molar-refractivity contribution in [3.8, 4) is 0 Å². The molecule has 1 unspecified atom stereocenters. The molecule has 1 aromatic carbocycles. The van der Waals surface area contributed by atoms with Gasteiger partial charge < -0.3 is 15.8 Å². The molecule has 1 atom stereocenters. The zero-order valence-corrected chi connectivity index (χ0v) is 11.7. The van der Waals surface area contributed by atoms with Gasteiger partial charge in [0.1, 0.15) is 0 Å². The quantitative estimate of drug-likeness (QED) is 0.839. The van der Waals surface area contributed by atoms with E-state index in [1.54, 1.807) is 18.2 Å². The standard InChI is InChI=1S/C13H17BrN2O2/c14-11-8-9(3-4-12(11)15)13(17)16-6-5-10-2-1-7-18-10/h3-4,8,10H,1-2,5-7,15H2,(H,16,17). The van der Waals surface area contributed by atoms with Crippen LogP contribution in [0.15, 0.2) is 22.7 Å². The molecule has 2 rings (SSSR count). The highest BCUT2D eigenvalue weighted by molar-refractivity contribution is 9.10. The number of carbonyl (C=O) groups excluding carboxylic acids is 1. The normalized spacial score (nSPS) is 18.8. The van der Waals surface area contributed by atoms with Crippen LogP contribution in [-0.4, -0.2) is 25.2 Å². The molecule has 1 heterocycles. The molecule has 0 bridgehead atoms. The summed E-state index contributed by atoms with van der Waals surface area (Å²) in [5.41, 5.74) is 6.92. The van der Waals surface area contributed by atoms with E-state index in [4.69, 9.17) is 10.5 Å². The van der Waals surface area contributed by atoms with Crippen LogP contribution in [0.25, 0.3) is 0 Å². The minimum absolute atomic E-state index is 0.0753. The Balaban J connectivity index is 1.81. The van der Waals surface area contributed by atoms with Crippen LogP contribution >= 0.6 is 15.9 Å². The lowest BCUT2D eigenvalue weighted by Gasteiger charge is -2.10. The van der Waals surface area contributed by atoms with Crippen molar-refractivity contribution in [3.05, 3.63) is 28.2 Å². The Bertz CT molecular complexity index is 431. The second-order valence-corrected chi connectivity index (χ2v) is 5.27. The molecule has 1 aliphatic rings. The minimum Gasteiger partial charge on any atom is -0.398 e.